The number of nitrogens with zero attached hydrogens (tertiary/aromatic N) is 2. The molecule has 0 spiro atoms. The number of phenolic OH excluding ortho intramolecular Hbond substituents is 1. The molecule has 0 saturated carbocycles. The maximum atomic E-state index is 12.8. The Labute approximate surface area is 146 Å². The number of aromatic nitrogens is 1. The molecule has 0 fully saturated rings. The fourth-order valence-corrected chi connectivity index (χ4v) is 3.96. The number of benzene rings is 1. The molecule has 1 aliphatic rings. The molecular weight excluding hydrogens is 336 g/mol. The van der Waals surface area contributed by atoms with Crippen LogP contribution in [-0.2, 0) is 9.73 Å². The average molecular weight is 354 g/mol. The van der Waals surface area contributed by atoms with E-state index < -0.39 is 15.6 Å². The lowest BCUT2D eigenvalue weighted by atomic mass is 10.1. The Kier molecular flexibility index (Phi) is 4.81. The van der Waals surface area contributed by atoms with Crippen LogP contribution in [0, 0.1) is 0 Å². The minimum atomic E-state index is -2.69. The van der Waals surface area contributed by atoms with Crippen LogP contribution >= 0.6 is 0 Å². The molecular formula is C19H18N2O3S. The molecule has 1 aliphatic carbocycles. The molecule has 0 saturated heterocycles. The number of phenols is 1. The van der Waals surface area contributed by atoms with Gasteiger partial charge in [0.1, 0.15) is 5.75 Å². The summed E-state index contributed by atoms with van der Waals surface area (Å²) in [5.41, 5.74) is 1.83. The monoisotopic (exact) mass is 354 g/mol. The lowest BCUT2D eigenvalue weighted by Crippen LogP contribution is -2.19. The summed E-state index contributed by atoms with van der Waals surface area (Å²) < 4.78 is 16.8. The highest BCUT2D eigenvalue weighted by atomic mass is 32.2. The van der Waals surface area contributed by atoms with Crippen LogP contribution in [0.15, 0.2) is 71.4 Å². The van der Waals surface area contributed by atoms with E-state index in [1.807, 2.05) is 24.3 Å². The molecule has 1 aromatic carbocycles. The molecule has 0 aliphatic heterocycles. The maximum Gasteiger partial charge on any atom is 0.286 e. The summed E-state index contributed by atoms with van der Waals surface area (Å²) >= 11 is 0. The fourth-order valence-electron chi connectivity index (χ4n) is 2.54. The van der Waals surface area contributed by atoms with Crippen molar-refractivity contribution in [3.63, 3.8) is 0 Å². The molecule has 128 valence electrons. The normalized spacial score (nSPS) is 18.5. The second-order valence-corrected chi connectivity index (χ2v) is 8.36. The minimum absolute atomic E-state index is 0.166. The number of carbonyl (C=O) groups excluding carboxylic acids is 1. The van der Waals surface area contributed by atoms with E-state index in [2.05, 4.69) is 9.35 Å². The largest absolute Gasteiger partial charge is 0.508 e. The summed E-state index contributed by atoms with van der Waals surface area (Å²) in [5.74, 6) is -0.372. The van der Waals surface area contributed by atoms with Crippen molar-refractivity contribution >= 4 is 15.6 Å². The zero-order valence-corrected chi connectivity index (χ0v) is 14.5. The molecule has 3 rings (SSSR count). The number of allylic oxidation sites excluding steroid dienone is 3. The molecule has 25 heavy (non-hydrogen) atoms. The van der Waals surface area contributed by atoms with Gasteiger partial charge in [-0.1, -0.05) is 36.4 Å². The van der Waals surface area contributed by atoms with Crippen molar-refractivity contribution in [3.05, 3.63) is 72.6 Å². The SMILES string of the molecule is C[S@@](=O)(=NC(=O)c1cncc(-c2ccc(O)cc2)c1)C1C=CC=CC1. The van der Waals surface area contributed by atoms with E-state index in [9.17, 15) is 14.1 Å². The third kappa shape index (κ3) is 4.03. The van der Waals surface area contributed by atoms with Gasteiger partial charge in [-0.05, 0) is 30.2 Å². The first-order valence-electron chi connectivity index (χ1n) is 7.79. The molecule has 1 heterocycles. The predicted octanol–water partition coefficient (Wildman–Crippen LogP) is 3.58. The van der Waals surface area contributed by atoms with Gasteiger partial charge in [0.15, 0.2) is 0 Å². The highest BCUT2D eigenvalue weighted by Gasteiger charge is 2.19. The molecule has 5 nitrogen and oxygen atoms in total. The van der Waals surface area contributed by atoms with Crippen molar-refractivity contribution in [2.75, 3.05) is 6.26 Å². The van der Waals surface area contributed by atoms with Crippen LogP contribution in [0.4, 0.5) is 0 Å². The van der Waals surface area contributed by atoms with Crippen LogP contribution in [0.2, 0.25) is 0 Å². The van der Waals surface area contributed by atoms with E-state index >= 15 is 0 Å². The van der Waals surface area contributed by atoms with Crippen molar-refractivity contribution in [1.29, 1.82) is 0 Å². The van der Waals surface area contributed by atoms with E-state index in [-0.39, 0.29) is 16.6 Å². The topological polar surface area (TPSA) is 79.6 Å². The third-order valence-electron chi connectivity index (χ3n) is 3.95. The summed E-state index contributed by atoms with van der Waals surface area (Å²) in [6.07, 6.45) is 12.6. The van der Waals surface area contributed by atoms with E-state index in [0.717, 1.165) is 11.1 Å². The van der Waals surface area contributed by atoms with Crippen molar-refractivity contribution in [1.82, 2.24) is 4.98 Å². The summed E-state index contributed by atoms with van der Waals surface area (Å²) in [6.45, 7) is 0. The van der Waals surface area contributed by atoms with Gasteiger partial charge in [0.05, 0.1) is 20.5 Å². The maximum absolute atomic E-state index is 12.8. The lowest BCUT2D eigenvalue weighted by molar-refractivity contribution is 0.100. The minimum Gasteiger partial charge on any atom is -0.508 e. The average Bonchev–Trinajstić information content (AvgIpc) is 2.63. The molecule has 0 radical (unpaired) electrons. The lowest BCUT2D eigenvalue weighted by Gasteiger charge is -2.14. The second-order valence-electron chi connectivity index (χ2n) is 5.85. The number of amides is 1. The molecule has 2 atom stereocenters. The van der Waals surface area contributed by atoms with Gasteiger partial charge in [-0.25, -0.2) is 4.21 Å². The van der Waals surface area contributed by atoms with E-state index in [1.54, 1.807) is 36.5 Å². The fraction of sp³-hybridized carbons (Fsp3) is 0.158. The first kappa shape index (κ1) is 17.1. The molecule has 1 N–H and O–H groups in total. The Bertz CT molecular complexity index is 968. The number of hydrogen-bond donors (Lipinski definition) is 1. The Morgan fingerprint density at radius 2 is 1.96 bits per heavy atom. The summed E-state index contributed by atoms with van der Waals surface area (Å²) in [5, 5.41) is 9.10. The van der Waals surface area contributed by atoms with E-state index in [1.165, 1.54) is 12.5 Å². The van der Waals surface area contributed by atoms with Gasteiger partial charge in [-0.15, -0.1) is 0 Å². The summed E-state index contributed by atoms with van der Waals surface area (Å²) in [4.78, 5) is 16.6. The second kappa shape index (κ2) is 7.03. The smallest absolute Gasteiger partial charge is 0.286 e. The van der Waals surface area contributed by atoms with Crippen molar-refractivity contribution in [3.8, 4) is 16.9 Å². The van der Waals surface area contributed by atoms with Crippen LogP contribution in [0.25, 0.3) is 11.1 Å². The number of rotatable bonds is 3. The van der Waals surface area contributed by atoms with Crippen molar-refractivity contribution < 1.29 is 14.1 Å². The molecule has 0 bridgehead atoms. The highest BCUT2D eigenvalue weighted by Crippen LogP contribution is 2.23. The molecule has 2 aromatic rings. The first-order chi connectivity index (χ1) is 12.0. The standard InChI is InChI=1S/C19H18N2O3S/c1-25(24,18-5-3-2-4-6-18)21-19(23)16-11-15(12-20-13-16)14-7-9-17(22)10-8-14/h2-5,7-13,18,22H,6H2,1H3/t18?,25-/m0/s1. The van der Waals surface area contributed by atoms with Gasteiger partial charge in [0, 0.05) is 24.2 Å². The Balaban J connectivity index is 1.90. The predicted molar refractivity (Wildman–Crippen MR) is 98.8 cm³/mol. The Morgan fingerprint density at radius 3 is 2.64 bits per heavy atom. The highest BCUT2D eigenvalue weighted by molar-refractivity contribution is 7.94. The molecule has 1 unspecified atom stereocenters. The van der Waals surface area contributed by atoms with Gasteiger partial charge in [0.2, 0.25) is 0 Å². The molecule has 1 amide bonds. The quantitative estimate of drug-likeness (QED) is 0.914. The Morgan fingerprint density at radius 1 is 1.20 bits per heavy atom. The van der Waals surface area contributed by atoms with Crippen LogP contribution in [0.3, 0.4) is 0 Å². The summed E-state index contributed by atoms with van der Waals surface area (Å²) in [7, 11) is -2.69. The Hall–Kier alpha value is -2.73. The number of pyridine rings is 1. The zero-order valence-electron chi connectivity index (χ0n) is 13.7. The van der Waals surface area contributed by atoms with Crippen LogP contribution in [0.5, 0.6) is 5.75 Å². The first-order valence-corrected chi connectivity index (χ1v) is 9.77. The molecule has 6 heteroatoms. The van der Waals surface area contributed by atoms with E-state index in [4.69, 9.17) is 0 Å². The van der Waals surface area contributed by atoms with Crippen LogP contribution in [-0.4, -0.2) is 31.7 Å². The van der Waals surface area contributed by atoms with Crippen LogP contribution < -0.4 is 0 Å². The van der Waals surface area contributed by atoms with Gasteiger partial charge in [-0.2, -0.15) is 4.36 Å². The van der Waals surface area contributed by atoms with Gasteiger partial charge < -0.3 is 5.11 Å². The van der Waals surface area contributed by atoms with E-state index in [0.29, 0.717) is 6.42 Å². The number of aromatic hydroxyl groups is 1. The zero-order chi connectivity index (χ0) is 17.9. The third-order valence-corrected chi connectivity index (χ3v) is 5.95. The van der Waals surface area contributed by atoms with Gasteiger partial charge >= 0.3 is 0 Å². The molecule has 1 aromatic heterocycles. The number of hydrogen-bond acceptors (Lipinski definition) is 4. The summed E-state index contributed by atoms with van der Waals surface area (Å²) in [6, 6.07) is 8.27. The van der Waals surface area contributed by atoms with Crippen molar-refractivity contribution in [2.24, 2.45) is 4.36 Å². The van der Waals surface area contributed by atoms with Crippen LogP contribution in [0.1, 0.15) is 16.8 Å². The number of carbonyl (C=O) groups is 1. The van der Waals surface area contributed by atoms with Gasteiger partial charge in [0.25, 0.3) is 5.91 Å². The van der Waals surface area contributed by atoms with Gasteiger partial charge in [-0.3, -0.25) is 9.78 Å². The van der Waals surface area contributed by atoms with Crippen molar-refractivity contribution in [2.45, 2.75) is 11.7 Å².